The van der Waals surface area contributed by atoms with Gasteiger partial charge in [0.1, 0.15) is 0 Å². The molecule has 0 spiro atoms. The molecule has 0 radical (unpaired) electrons. The number of nitrogens with two attached hydrogens (primary N) is 1. The first-order valence-corrected chi connectivity index (χ1v) is 9.52. The molecular formula is C16H23N3O4S. The Morgan fingerprint density at radius 2 is 1.96 bits per heavy atom. The van der Waals surface area contributed by atoms with Gasteiger partial charge in [0.25, 0.3) is 0 Å². The standard InChI is InChI=1S/C16H23N3O4S/c1-10(2)15(17)16(21)18-9-14(20)19-12-7-8-24(22,23)13-6-4-3-5-11(12)13/h3-6,10,12,15H,7-9,17H2,1-2H3,(H,18,21)(H,19,20)/t12?,15-/m0/s1. The number of fused-ring (bicyclic) bond motifs is 1. The van der Waals surface area contributed by atoms with Gasteiger partial charge in [0.2, 0.25) is 11.8 Å². The molecule has 24 heavy (non-hydrogen) atoms. The Morgan fingerprint density at radius 1 is 1.29 bits per heavy atom. The molecular weight excluding hydrogens is 330 g/mol. The smallest absolute Gasteiger partial charge is 0.239 e. The number of sulfone groups is 1. The van der Waals surface area contributed by atoms with E-state index in [1.165, 1.54) is 0 Å². The quantitative estimate of drug-likeness (QED) is 0.695. The molecule has 8 heteroatoms. The van der Waals surface area contributed by atoms with E-state index in [0.29, 0.717) is 12.0 Å². The van der Waals surface area contributed by atoms with Gasteiger partial charge in [-0.15, -0.1) is 0 Å². The number of nitrogens with one attached hydrogen (secondary N) is 2. The molecule has 7 nitrogen and oxygen atoms in total. The molecule has 4 N–H and O–H groups in total. The van der Waals surface area contributed by atoms with E-state index in [-0.39, 0.29) is 41.0 Å². The van der Waals surface area contributed by atoms with Crippen molar-refractivity contribution in [2.45, 2.75) is 37.2 Å². The van der Waals surface area contributed by atoms with Gasteiger partial charge in [0.05, 0.1) is 29.3 Å². The average molecular weight is 353 g/mol. The van der Waals surface area contributed by atoms with Crippen molar-refractivity contribution in [1.29, 1.82) is 0 Å². The Bertz CT molecular complexity index is 731. The molecule has 1 aliphatic rings. The molecule has 0 aromatic heterocycles. The van der Waals surface area contributed by atoms with E-state index in [0.717, 1.165) is 0 Å². The van der Waals surface area contributed by atoms with Crippen LogP contribution in [0, 0.1) is 5.92 Å². The van der Waals surface area contributed by atoms with E-state index >= 15 is 0 Å². The number of hydrogen-bond donors (Lipinski definition) is 3. The third kappa shape index (κ3) is 4.12. The van der Waals surface area contributed by atoms with E-state index < -0.39 is 15.9 Å². The summed E-state index contributed by atoms with van der Waals surface area (Å²) >= 11 is 0. The molecule has 0 saturated carbocycles. The highest BCUT2D eigenvalue weighted by Crippen LogP contribution is 2.31. The van der Waals surface area contributed by atoms with Crippen LogP contribution in [0.1, 0.15) is 31.9 Å². The van der Waals surface area contributed by atoms with Crippen molar-refractivity contribution < 1.29 is 18.0 Å². The molecule has 2 atom stereocenters. The minimum absolute atomic E-state index is 0.0143. The summed E-state index contributed by atoms with van der Waals surface area (Å²) in [4.78, 5) is 24.1. The topological polar surface area (TPSA) is 118 Å². The van der Waals surface area contributed by atoms with Crippen molar-refractivity contribution in [3.05, 3.63) is 29.8 Å². The highest BCUT2D eigenvalue weighted by atomic mass is 32.2. The van der Waals surface area contributed by atoms with Crippen LogP contribution in [0.2, 0.25) is 0 Å². The Morgan fingerprint density at radius 3 is 2.62 bits per heavy atom. The van der Waals surface area contributed by atoms with Crippen molar-refractivity contribution in [2.75, 3.05) is 12.3 Å². The van der Waals surface area contributed by atoms with Gasteiger partial charge in [-0.1, -0.05) is 32.0 Å². The normalized spacial score (nSPS) is 20.1. The maximum atomic E-state index is 12.1. The number of carbonyl (C=O) groups is 2. The molecule has 2 amide bonds. The maximum absolute atomic E-state index is 12.1. The monoisotopic (exact) mass is 353 g/mol. The van der Waals surface area contributed by atoms with Gasteiger partial charge in [0, 0.05) is 0 Å². The lowest BCUT2D eigenvalue weighted by atomic mass is 10.0. The summed E-state index contributed by atoms with van der Waals surface area (Å²) in [5.74, 6) is -0.798. The lowest BCUT2D eigenvalue weighted by Crippen LogP contribution is -2.47. The van der Waals surface area contributed by atoms with Gasteiger partial charge >= 0.3 is 0 Å². The SMILES string of the molecule is CC(C)[C@H](N)C(=O)NCC(=O)NC1CCS(=O)(=O)c2ccccc21. The van der Waals surface area contributed by atoms with Crippen molar-refractivity contribution >= 4 is 21.7 Å². The molecule has 0 aliphatic carbocycles. The molecule has 2 rings (SSSR count). The fraction of sp³-hybridized carbons (Fsp3) is 0.500. The number of benzene rings is 1. The summed E-state index contributed by atoms with van der Waals surface area (Å²) in [5.41, 5.74) is 6.30. The summed E-state index contributed by atoms with van der Waals surface area (Å²) in [7, 11) is -3.29. The largest absolute Gasteiger partial charge is 0.348 e. The third-order valence-corrected chi connectivity index (χ3v) is 5.90. The first kappa shape index (κ1) is 18.4. The maximum Gasteiger partial charge on any atom is 0.239 e. The predicted molar refractivity (Wildman–Crippen MR) is 89.8 cm³/mol. The summed E-state index contributed by atoms with van der Waals surface area (Å²) < 4.78 is 24.1. The minimum Gasteiger partial charge on any atom is -0.348 e. The van der Waals surface area contributed by atoms with Crippen LogP contribution in [-0.2, 0) is 19.4 Å². The number of hydrogen-bond acceptors (Lipinski definition) is 5. The van der Waals surface area contributed by atoms with Gasteiger partial charge in [-0.2, -0.15) is 0 Å². The third-order valence-electron chi connectivity index (χ3n) is 4.08. The average Bonchev–Trinajstić information content (AvgIpc) is 2.54. The summed E-state index contributed by atoms with van der Waals surface area (Å²) in [6.07, 6.45) is 0.310. The molecule has 1 unspecified atom stereocenters. The Hall–Kier alpha value is -1.93. The van der Waals surface area contributed by atoms with Crippen molar-refractivity contribution in [1.82, 2.24) is 10.6 Å². The van der Waals surface area contributed by atoms with Gasteiger partial charge < -0.3 is 16.4 Å². The zero-order valence-corrected chi connectivity index (χ0v) is 14.6. The van der Waals surface area contributed by atoms with Crippen LogP contribution in [0.3, 0.4) is 0 Å². The van der Waals surface area contributed by atoms with Crippen LogP contribution in [0.25, 0.3) is 0 Å². The molecule has 1 heterocycles. The summed E-state index contributed by atoms with van der Waals surface area (Å²) in [6, 6.07) is 5.60. The molecule has 1 aromatic rings. The second-order valence-corrected chi connectivity index (χ2v) is 8.33. The molecule has 1 aromatic carbocycles. The van der Waals surface area contributed by atoms with E-state index in [1.54, 1.807) is 24.3 Å². The van der Waals surface area contributed by atoms with Crippen LogP contribution in [0.5, 0.6) is 0 Å². The fourth-order valence-electron chi connectivity index (χ4n) is 2.57. The molecule has 0 saturated heterocycles. The van der Waals surface area contributed by atoms with Gasteiger partial charge in [0.15, 0.2) is 9.84 Å². The lowest BCUT2D eigenvalue weighted by molar-refractivity contribution is -0.127. The molecule has 0 bridgehead atoms. The second kappa shape index (κ2) is 7.31. The van der Waals surface area contributed by atoms with Crippen LogP contribution in [0.4, 0.5) is 0 Å². The number of amides is 2. The highest BCUT2D eigenvalue weighted by Gasteiger charge is 2.30. The van der Waals surface area contributed by atoms with E-state index in [2.05, 4.69) is 10.6 Å². The van der Waals surface area contributed by atoms with Gasteiger partial charge in [-0.3, -0.25) is 9.59 Å². The zero-order chi connectivity index (χ0) is 17.9. The first-order valence-electron chi connectivity index (χ1n) is 7.86. The van der Waals surface area contributed by atoms with E-state index in [1.807, 2.05) is 13.8 Å². The zero-order valence-electron chi connectivity index (χ0n) is 13.8. The van der Waals surface area contributed by atoms with E-state index in [4.69, 9.17) is 5.73 Å². The van der Waals surface area contributed by atoms with Gasteiger partial charge in [-0.25, -0.2) is 8.42 Å². The Labute approximate surface area is 141 Å². The van der Waals surface area contributed by atoms with Crippen LogP contribution >= 0.6 is 0 Å². The van der Waals surface area contributed by atoms with Crippen LogP contribution < -0.4 is 16.4 Å². The molecule has 1 aliphatic heterocycles. The van der Waals surface area contributed by atoms with Crippen LogP contribution in [0.15, 0.2) is 29.2 Å². The van der Waals surface area contributed by atoms with Crippen molar-refractivity contribution in [3.8, 4) is 0 Å². The number of rotatable bonds is 5. The van der Waals surface area contributed by atoms with Crippen LogP contribution in [-0.4, -0.2) is 38.6 Å². The highest BCUT2D eigenvalue weighted by molar-refractivity contribution is 7.91. The number of carbonyl (C=O) groups excluding carboxylic acids is 2. The van der Waals surface area contributed by atoms with E-state index in [9.17, 15) is 18.0 Å². The van der Waals surface area contributed by atoms with Crippen molar-refractivity contribution in [3.63, 3.8) is 0 Å². The molecule has 132 valence electrons. The van der Waals surface area contributed by atoms with Crippen molar-refractivity contribution in [2.24, 2.45) is 11.7 Å². The molecule has 0 fully saturated rings. The predicted octanol–water partition coefficient (Wildman–Crippen LogP) is 0.121. The minimum atomic E-state index is -3.29. The summed E-state index contributed by atoms with van der Waals surface area (Å²) in [5, 5.41) is 5.28. The Kier molecular flexibility index (Phi) is 5.61. The Balaban J connectivity index is 1.99. The summed E-state index contributed by atoms with van der Waals surface area (Å²) in [6.45, 7) is 3.46. The second-order valence-electron chi connectivity index (χ2n) is 6.25. The first-order chi connectivity index (χ1) is 11.2. The fourth-order valence-corrected chi connectivity index (χ4v) is 4.19. The van der Waals surface area contributed by atoms with Gasteiger partial charge in [-0.05, 0) is 24.0 Å². The lowest BCUT2D eigenvalue weighted by Gasteiger charge is -2.26.